The summed E-state index contributed by atoms with van der Waals surface area (Å²) in [5, 5.41) is 2.96. The third-order valence-electron chi connectivity index (χ3n) is 6.07. The molecule has 0 spiro atoms. The predicted molar refractivity (Wildman–Crippen MR) is 153 cm³/mol. The number of carbonyl (C=O) groups is 2. The second-order valence-electron chi connectivity index (χ2n) is 11.6. The highest BCUT2D eigenvalue weighted by atomic mass is 32.2. The lowest BCUT2D eigenvalue weighted by Crippen LogP contribution is -2.55. The summed E-state index contributed by atoms with van der Waals surface area (Å²) < 4.78 is 32.1. The summed E-state index contributed by atoms with van der Waals surface area (Å²) in [6, 6.07) is 13.6. The van der Waals surface area contributed by atoms with E-state index in [0.29, 0.717) is 17.9 Å². The Morgan fingerprint density at radius 3 is 2.08 bits per heavy atom. The summed E-state index contributed by atoms with van der Waals surface area (Å²) in [4.78, 5) is 28.6. The van der Waals surface area contributed by atoms with Gasteiger partial charge in [-0.3, -0.25) is 13.9 Å². The number of nitrogens with zero attached hydrogens (tertiary/aromatic N) is 2. The first-order valence-electron chi connectivity index (χ1n) is 12.8. The van der Waals surface area contributed by atoms with Crippen molar-refractivity contribution in [2.45, 2.75) is 78.4 Å². The van der Waals surface area contributed by atoms with Gasteiger partial charge in [-0.25, -0.2) is 8.42 Å². The molecule has 2 aromatic rings. The smallest absolute Gasteiger partial charge is 0.244 e. The number of benzene rings is 2. The van der Waals surface area contributed by atoms with Gasteiger partial charge in [0.1, 0.15) is 18.3 Å². The molecule has 0 aliphatic heterocycles. The van der Waals surface area contributed by atoms with Crippen molar-refractivity contribution in [2.24, 2.45) is 0 Å². The van der Waals surface area contributed by atoms with Crippen LogP contribution >= 0.6 is 0 Å². The minimum atomic E-state index is -3.79. The van der Waals surface area contributed by atoms with Crippen LogP contribution < -0.4 is 14.4 Å². The van der Waals surface area contributed by atoms with Gasteiger partial charge in [-0.1, -0.05) is 52.0 Å². The van der Waals surface area contributed by atoms with Gasteiger partial charge in [0.15, 0.2) is 0 Å². The highest BCUT2D eigenvalue weighted by Gasteiger charge is 2.33. The molecule has 0 saturated carbocycles. The number of nitrogens with one attached hydrogen (secondary N) is 1. The van der Waals surface area contributed by atoms with Gasteiger partial charge >= 0.3 is 0 Å². The summed E-state index contributed by atoms with van der Waals surface area (Å²) >= 11 is 0. The van der Waals surface area contributed by atoms with Crippen LogP contribution in [0.25, 0.3) is 0 Å². The lowest BCUT2D eigenvalue weighted by atomic mass is 9.87. The van der Waals surface area contributed by atoms with Crippen molar-refractivity contribution in [3.8, 4) is 5.75 Å². The third-order valence-corrected chi connectivity index (χ3v) is 7.21. The zero-order chi connectivity index (χ0) is 28.9. The molecule has 0 fully saturated rings. The molecule has 8 nitrogen and oxygen atoms in total. The number of sulfonamides is 1. The van der Waals surface area contributed by atoms with Crippen molar-refractivity contribution in [1.82, 2.24) is 10.2 Å². The minimum absolute atomic E-state index is 0.105. The monoisotopic (exact) mass is 545 g/mol. The van der Waals surface area contributed by atoms with E-state index in [1.54, 1.807) is 31.4 Å². The van der Waals surface area contributed by atoms with Gasteiger partial charge in [-0.05, 0) is 68.0 Å². The molecule has 38 heavy (non-hydrogen) atoms. The number of hydrogen-bond acceptors (Lipinski definition) is 5. The van der Waals surface area contributed by atoms with Crippen LogP contribution in [-0.4, -0.2) is 56.6 Å². The summed E-state index contributed by atoms with van der Waals surface area (Å²) in [5.74, 6) is -0.149. The van der Waals surface area contributed by atoms with Gasteiger partial charge in [0.2, 0.25) is 21.8 Å². The van der Waals surface area contributed by atoms with Crippen LogP contribution in [0.1, 0.15) is 66.0 Å². The molecular formula is C29H43N3O5S. The molecule has 0 radical (unpaired) electrons. The number of rotatable bonds is 10. The van der Waals surface area contributed by atoms with Gasteiger partial charge in [0.25, 0.3) is 0 Å². The molecule has 0 aliphatic rings. The normalized spacial score (nSPS) is 13.0. The van der Waals surface area contributed by atoms with Crippen LogP contribution in [0, 0.1) is 0 Å². The van der Waals surface area contributed by atoms with E-state index in [2.05, 4.69) is 26.1 Å². The molecule has 2 rings (SSSR count). The van der Waals surface area contributed by atoms with Gasteiger partial charge in [-0.15, -0.1) is 0 Å². The lowest BCUT2D eigenvalue weighted by molar-refractivity contribution is -0.141. The van der Waals surface area contributed by atoms with E-state index >= 15 is 0 Å². The third kappa shape index (κ3) is 8.75. The standard InChI is InChI=1S/C29H43N3O5S/c1-10-25(27(34)30-29(5,6)7)31(19-21-12-11-13-24(18-21)37-8)26(33)20-32(38(9,35)36)23-16-14-22(15-17-23)28(2,3)4/h11-18,25H,10,19-20H2,1-9H3,(H,30,34)/t25-/m0/s1. The van der Waals surface area contributed by atoms with E-state index < -0.39 is 34.1 Å². The van der Waals surface area contributed by atoms with Crippen LogP contribution in [0.2, 0.25) is 0 Å². The van der Waals surface area contributed by atoms with Crippen LogP contribution in [0.3, 0.4) is 0 Å². The summed E-state index contributed by atoms with van der Waals surface area (Å²) in [6.07, 6.45) is 1.44. The Hall–Kier alpha value is -3.07. The Bertz CT molecular complexity index is 1210. The Balaban J connectivity index is 2.48. The van der Waals surface area contributed by atoms with E-state index in [4.69, 9.17) is 4.74 Å². The molecule has 2 aromatic carbocycles. The number of ether oxygens (including phenoxy) is 1. The van der Waals surface area contributed by atoms with Crippen molar-refractivity contribution in [3.63, 3.8) is 0 Å². The first-order valence-corrected chi connectivity index (χ1v) is 14.6. The highest BCUT2D eigenvalue weighted by Crippen LogP contribution is 2.26. The van der Waals surface area contributed by atoms with E-state index in [-0.39, 0.29) is 17.9 Å². The first kappa shape index (κ1) is 31.1. The SMILES string of the molecule is CC[C@@H](C(=O)NC(C)(C)C)N(Cc1cccc(OC)c1)C(=O)CN(c1ccc(C(C)(C)C)cc1)S(C)(=O)=O. The summed E-state index contributed by atoms with van der Waals surface area (Å²) in [7, 11) is -2.24. The van der Waals surface area contributed by atoms with Crippen molar-refractivity contribution in [2.75, 3.05) is 24.2 Å². The number of anilines is 1. The first-order chi connectivity index (χ1) is 17.5. The summed E-state index contributed by atoms with van der Waals surface area (Å²) in [6.45, 7) is 13.4. The number of amides is 2. The molecule has 0 saturated heterocycles. The Kier molecular flexibility index (Phi) is 10.00. The molecule has 0 unspecified atom stereocenters. The topological polar surface area (TPSA) is 96.0 Å². The average molecular weight is 546 g/mol. The molecule has 0 aromatic heterocycles. The van der Waals surface area contributed by atoms with Gasteiger partial charge in [-0.2, -0.15) is 0 Å². The van der Waals surface area contributed by atoms with Crippen molar-refractivity contribution in [3.05, 3.63) is 59.7 Å². The highest BCUT2D eigenvalue weighted by molar-refractivity contribution is 7.92. The maximum atomic E-state index is 13.8. The molecule has 210 valence electrons. The zero-order valence-corrected chi connectivity index (χ0v) is 25.0. The molecular weight excluding hydrogens is 502 g/mol. The molecule has 1 N–H and O–H groups in total. The number of methoxy groups -OCH3 is 1. The molecule has 2 amide bonds. The molecule has 0 bridgehead atoms. The van der Waals surface area contributed by atoms with Gasteiger partial charge in [0.05, 0.1) is 19.1 Å². The molecule has 9 heteroatoms. The van der Waals surface area contributed by atoms with E-state index in [1.807, 2.05) is 52.0 Å². The van der Waals surface area contributed by atoms with Crippen LogP contribution in [0.5, 0.6) is 5.75 Å². The number of hydrogen-bond donors (Lipinski definition) is 1. The van der Waals surface area contributed by atoms with E-state index in [1.165, 1.54) is 4.90 Å². The number of carbonyl (C=O) groups excluding carboxylic acids is 2. The zero-order valence-electron chi connectivity index (χ0n) is 24.2. The van der Waals surface area contributed by atoms with Crippen molar-refractivity contribution in [1.29, 1.82) is 0 Å². The second-order valence-corrected chi connectivity index (χ2v) is 13.5. The van der Waals surface area contributed by atoms with Gasteiger partial charge in [0, 0.05) is 12.1 Å². The second kappa shape index (κ2) is 12.2. The molecule has 0 aliphatic carbocycles. The van der Waals surface area contributed by atoms with Crippen LogP contribution in [0.15, 0.2) is 48.5 Å². The quantitative estimate of drug-likeness (QED) is 0.475. The largest absolute Gasteiger partial charge is 0.497 e. The Labute approximate surface area is 228 Å². The fraction of sp³-hybridized carbons (Fsp3) is 0.517. The maximum absolute atomic E-state index is 13.8. The van der Waals surface area contributed by atoms with Crippen molar-refractivity contribution >= 4 is 27.5 Å². The Morgan fingerprint density at radius 2 is 1.61 bits per heavy atom. The average Bonchev–Trinajstić information content (AvgIpc) is 2.80. The van der Waals surface area contributed by atoms with Gasteiger partial charge < -0.3 is 15.0 Å². The van der Waals surface area contributed by atoms with Crippen molar-refractivity contribution < 1.29 is 22.7 Å². The fourth-order valence-corrected chi connectivity index (χ4v) is 4.93. The maximum Gasteiger partial charge on any atom is 0.244 e. The summed E-state index contributed by atoms with van der Waals surface area (Å²) in [5.41, 5.74) is 1.60. The van der Waals surface area contributed by atoms with Crippen LogP contribution in [0.4, 0.5) is 5.69 Å². The van der Waals surface area contributed by atoms with E-state index in [0.717, 1.165) is 21.7 Å². The molecule has 0 heterocycles. The lowest BCUT2D eigenvalue weighted by Gasteiger charge is -2.34. The van der Waals surface area contributed by atoms with Crippen LogP contribution in [-0.2, 0) is 31.6 Å². The van der Waals surface area contributed by atoms with E-state index in [9.17, 15) is 18.0 Å². The fourth-order valence-electron chi connectivity index (χ4n) is 4.08. The predicted octanol–water partition coefficient (Wildman–Crippen LogP) is 4.48. The Morgan fingerprint density at radius 1 is 1.00 bits per heavy atom. The molecule has 1 atom stereocenters. The minimum Gasteiger partial charge on any atom is -0.497 e.